The minimum atomic E-state index is 0.391. The third-order valence-corrected chi connectivity index (χ3v) is 1.57. The Bertz CT molecular complexity index is 66.9. The molecule has 1 fully saturated rings. The summed E-state index contributed by atoms with van der Waals surface area (Å²) < 4.78 is 0. The van der Waals surface area contributed by atoms with Gasteiger partial charge in [0.25, 0.3) is 0 Å². The summed E-state index contributed by atoms with van der Waals surface area (Å²) in [6, 6.07) is 0.391. The van der Waals surface area contributed by atoms with Gasteiger partial charge in [0.15, 0.2) is 0 Å². The maximum atomic E-state index is 5.58. The fraction of sp³-hybridized carbons (Fsp3) is 1.00. The van der Waals surface area contributed by atoms with Crippen molar-refractivity contribution in [3.63, 3.8) is 0 Å². The third kappa shape index (κ3) is 1.46. The summed E-state index contributed by atoms with van der Waals surface area (Å²) in [7, 11) is 0. The van der Waals surface area contributed by atoms with Crippen LogP contribution >= 0.6 is 0 Å². The molecule has 1 aliphatic rings. The van der Waals surface area contributed by atoms with Crippen molar-refractivity contribution < 1.29 is 0 Å². The lowest BCUT2D eigenvalue weighted by Crippen LogP contribution is -2.44. The molecule has 1 rings (SSSR count). The second-order valence-electron chi connectivity index (χ2n) is 2.74. The molecular formula is C6H14N2. The second-order valence-corrected chi connectivity index (χ2v) is 2.74. The molecule has 2 heteroatoms. The van der Waals surface area contributed by atoms with Crippen LogP contribution in [0.4, 0.5) is 0 Å². The minimum absolute atomic E-state index is 0.391. The molecule has 1 heterocycles. The fourth-order valence-electron chi connectivity index (χ4n) is 1.04. The van der Waals surface area contributed by atoms with Gasteiger partial charge in [-0.1, -0.05) is 0 Å². The number of hydrogen-bond acceptors (Lipinski definition) is 2. The maximum Gasteiger partial charge on any atom is 0.00140 e. The first-order valence-electron chi connectivity index (χ1n) is 3.25. The second kappa shape index (κ2) is 2.46. The van der Waals surface area contributed by atoms with Crippen LogP contribution in [-0.4, -0.2) is 19.1 Å². The maximum absolute atomic E-state index is 5.58. The first kappa shape index (κ1) is 6.05. The molecule has 0 amide bonds. The molecule has 0 aromatic rings. The van der Waals surface area contributed by atoms with Gasteiger partial charge in [-0.05, 0) is 32.4 Å². The Kier molecular flexibility index (Phi) is 1.86. The summed E-state index contributed by atoms with van der Waals surface area (Å²) in [6.45, 7) is 4.43. The van der Waals surface area contributed by atoms with Gasteiger partial charge in [0.05, 0.1) is 0 Å². The summed E-state index contributed by atoms with van der Waals surface area (Å²) >= 11 is 0. The Morgan fingerprint density at radius 2 is 2.38 bits per heavy atom. The number of hydrogen-bond donors (Lipinski definition) is 2. The van der Waals surface area contributed by atoms with Crippen LogP contribution in [0.2, 0.25) is 0 Å². The molecule has 1 aliphatic heterocycles. The lowest BCUT2D eigenvalue weighted by Gasteiger charge is -2.28. The zero-order chi connectivity index (χ0) is 5.98. The van der Waals surface area contributed by atoms with Crippen molar-refractivity contribution in [3.8, 4) is 0 Å². The molecule has 3 N–H and O–H groups in total. The van der Waals surface area contributed by atoms with Crippen molar-refractivity contribution in [2.75, 3.05) is 13.1 Å². The van der Waals surface area contributed by atoms with Crippen LogP contribution in [0.3, 0.4) is 0 Å². The molecule has 0 bridgehead atoms. The van der Waals surface area contributed by atoms with E-state index in [1.165, 1.54) is 19.5 Å². The van der Waals surface area contributed by atoms with E-state index < -0.39 is 0 Å². The molecule has 0 aliphatic carbocycles. The topological polar surface area (TPSA) is 38.0 Å². The molecule has 0 radical (unpaired) electrons. The number of rotatable bonds is 2. The highest BCUT2D eigenvalue weighted by Crippen LogP contribution is 2.08. The van der Waals surface area contributed by atoms with Crippen LogP contribution in [0.15, 0.2) is 0 Å². The lowest BCUT2D eigenvalue weighted by molar-refractivity contribution is 0.311. The van der Waals surface area contributed by atoms with Gasteiger partial charge in [0, 0.05) is 6.04 Å². The summed E-state index contributed by atoms with van der Waals surface area (Å²) in [6.07, 6.45) is 1.19. The van der Waals surface area contributed by atoms with Gasteiger partial charge >= 0.3 is 0 Å². The number of nitrogens with two attached hydrogens (primary N) is 1. The van der Waals surface area contributed by atoms with Crippen LogP contribution in [0.5, 0.6) is 0 Å². The molecule has 48 valence electrons. The monoisotopic (exact) mass is 114 g/mol. The smallest absolute Gasteiger partial charge is 0.00140 e. The van der Waals surface area contributed by atoms with Crippen molar-refractivity contribution in [2.24, 2.45) is 11.7 Å². The highest BCUT2D eigenvalue weighted by molar-refractivity contribution is 4.76. The molecule has 1 atom stereocenters. The first-order valence-corrected chi connectivity index (χ1v) is 3.25. The van der Waals surface area contributed by atoms with Crippen molar-refractivity contribution in [2.45, 2.75) is 19.4 Å². The molecule has 0 aromatic carbocycles. The Hall–Kier alpha value is -0.0800. The van der Waals surface area contributed by atoms with Crippen LogP contribution in [0.1, 0.15) is 13.3 Å². The average molecular weight is 114 g/mol. The fourth-order valence-corrected chi connectivity index (χ4v) is 1.04. The quantitative estimate of drug-likeness (QED) is 0.528. The van der Waals surface area contributed by atoms with E-state index in [-0.39, 0.29) is 0 Å². The predicted molar refractivity (Wildman–Crippen MR) is 34.6 cm³/mol. The molecule has 0 aromatic heterocycles. The minimum Gasteiger partial charge on any atom is -0.328 e. The predicted octanol–water partition coefficient (Wildman–Crippen LogP) is -0.0569. The summed E-state index contributed by atoms with van der Waals surface area (Å²) in [5.41, 5.74) is 5.58. The Morgan fingerprint density at radius 3 is 2.50 bits per heavy atom. The van der Waals surface area contributed by atoms with Crippen molar-refractivity contribution in [1.29, 1.82) is 0 Å². The SMILES string of the molecule is CC(N)CC1CNC1. The summed E-state index contributed by atoms with van der Waals surface area (Å²) in [5.74, 6) is 0.870. The van der Waals surface area contributed by atoms with Gasteiger partial charge in [0.1, 0.15) is 0 Å². The molecule has 2 nitrogen and oxygen atoms in total. The summed E-state index contributed by atoms with van der Waals surface area (Å²) in [5, 5.41) is 3.21. The van der Waals surface area contributed by atoms with E-state index >= 15 is 0 Å². The van der Waals surface area contributed by atoms with Gasteiger partial charge in [-0.3, -0.25) is 0 Å². The van der Waals surface area contributed by atoms with Crippen LogP contribution < -0.4 is 11.1 Å². The van der Waals surface area contributed by atoms with Crippen LogP contribution in [-0.2, 0) is 0 Å². The average Bonchev–Trinajstić information content (AvgIpc) is 1.55. The Labute approximate surface area is 50.4 Å². The molecule has 1 unspecified atom stereocenters. The van der Waals surface area contributed by atoms with E-state index in [2.05, 4.69) is 12.2 Å². The van der Waals surface area contributed by atoms with E-state index in [9.17, 15) is 0 Å². The van der Waals surface area contributed by atoms with Gasteiger partial charge in [-0.2, -0.15) is 0 Å². The van der Waals surface area contributed by atoms with Crippen LogP contribution in [0, 0.1) is 5.92 Å². The Morgan fingerprint density at radius 1 is 1.75 bits per heavy atom. The number of nitrogens with one attached hydrogen (secondary N) is 1. The summed E-state index contributed by atoms with van der Waals surface area (Å²) in [4.78, 5) is 0. The molecule has 1 saturated heterocycles. The van der Waals surface area contributed by atoms with Crippen molar-refractivity contribution in [3.05, 3.63) is 0 Å². The molecule has 8 heavy (non-hydrogen) atoms. The van der Waals surface area contributed by atoms with Gasteiger partial charge in [-0.15, -0.1) is 0 Å². The normalized spacial score (nSPS) is 24.8. The molecular weight excluding hydrogens is 100 g/mol. The van der Waals surface area contributed by atoms with E-state index in [1.807, 2.05) is 0 Å². The highest BCUT2D eigenvalue weighted by atomic mass is 14.9. The standard InChI is InChI=1S/C6H14N2/c1-5(7)2-6-3-8-4-6/h5-6,8H,2-4,7H2,1H3. The van der Waals surface area contributed by atoms with Gasteiger partial charge in [0.2, 0.25) is 0 Å². The largest absolute Gasteiger partial charge is 0.328 e. The van der Waals surface area contributed by atoms with Gasteiger partial charge < -0.3 is 11.1 Å². The Balaban J connectivity index is 2.01. The highest BCUT2D eigenvalue weighted by Gasteiger charge is 2.16. The third-order valence-electron chi connectivity index (χ3n) is 1.57. The van der Waals surface area contributed by atoms with E-state index in [1.54, 1.807) is 0 Å². The van der Waals surface area contributed by atoms with Gasteiger partial charge in [-0.25, -0.2) is 0 Å². The van der Waals surface area contributed by atoms with Crippen molar-refractivity contribution in [1.82, 2.24) is 5.32 Å². The van der Waals surface area contributed by atoms with Crippen molar-refractivity contribution >= 4 is 0 Å². The zero-order valence-electron chi connectivity index (χ0n) is 5.35. The van der Waals surface area contributed by atoms with Crippen LogP contribution in [0.25, 0.3) is 0 Å². The van der Waals surface area contributed by atoms with E-state index in [4.69, 9.17) is 5.73 Å². The first-order chi connectivity index (χ1) is 3.79. The zero-order valence-corrected chi connectivity index (χ0v) is 5.35. The van der Waals surface area contributed by atoms with E-state index in [0.717, 1.165) is 5.92 Å². The van der Waals surface area contributed by atoms with E-state index in [0.29, 0.717) is 6.04 Å². The lowest BCUT2D eigenvalue weighted by atomic mass is 9.96. The molecule has 0 spiro atoms. The molecule has 0 saturated carbocycles.